The Hall–Kier alpha value is -3.46. The van der Waals surface area contributed by atoms with E-state index in [9.17, 15) is 4.79 Å². The molecule has 1 heterocycles. The maximum atomic E-state index is 12.7. The third kappa shape index (κ3) is 4.83. The summed E-state index contributed by atoms with van der Waals surface area (Å²) in [6, 6.07) is 16.1. The number of para-hydroxylation sites is 1. The average Bonchev–Trinajstić information content (AvgIpc) is 3.20. The van der Waals surface area contributed by atoms with E-state index in [0.29, 0.717) is 37.0 Å². The summed E-state index contributed by atoms with van der Waals surface area (Å²) >= 11 is 0. The molecule has 0 aliphatic carbocycles. The lowest BCUT2D eigenvalue weighted by Gasteiger charge is -2.17. The largest absolute Gasteiger partial charge is 0.492 e. The van der Waals surface area contributed by atoms with Gasteiger partial charge in [-0.2, -0.15) is 4.68 Å². The van der Waals surface area contributed by atoms with E-state index < -0.39 is 6.04 Å². The molecular formula is C19H23N7O2. The van der Waals surface area contributed by atoms with E-state index in [1.54, 1.807) is 28.9 Å². The number of aromatic nitrogens is 4. The topological polar surface area (TPSA) is 120 Å². The van der Waals surface area contributed by atoms with Gasteiger partial charge in [0.2, 0.25) is 11.9 Å². The number of carbonyl (C=O) groups excluding carboxylic acids is 1. The van der Waals surface area contributed by atoms with Crippen LogP contribution in [0.1, 0.15) is 13.3 Å². The molecule has 0 spiro atoms. The second-order valence-electron chi connectivity index (χ2n) is 6.01. The van der Waals surface area contributed by atoms with Crippen LogP contribution >= 0.6 is 0 Å². The van der Waals surface area contributed by atoms with Crippen molar-refractivity contribution in [2.24, 2.45) is 5.73 Å². The fourth-order valence-corrected chi connectivity index (χ4v) is 2.57. The van der Waals surface area contributed by atoms with E-state index in [1.807, 2.05) is 37.3 Å². The van der Waals surface area contributed by atoms with Crippen LogP contribution in [0.15, 0.2) is 54.6 Å². The highest BCUT2D eigenvalue weighted by Gasteiger charge is 2.20. The minimum atomic E-state index is -0.498. The Kier molecular flexibility index (Phi) is 6.53. The fourth-order valence-electron chi connectivity index (χ4n) is 2.57. The Morgan fingerprint density at radius 2 is 1.93 bits per heavy atom. The zero-order valence-electron chi connectivity index (χ0n) is 15.6. The molecule has 0 bridgehead atoms. The van der Waals surface area contributed by atoms with E-state index in [4.69, 9.17) is 10.5 Å². The highest BCUT2D eigenvalue weighted by Crippen LogP contribution is 2.17. The summed E-state index contributed by atoms with van der Waals surface area (Å²) in [6.07, 6.45) is 0.561. The molecule has 0 radical (unpaired) electrons. The molecule has 1 unspecified atom stereocenters. The summed E-state index contributed by atoms with van der Waals surface area (Å²) in [5, 5.41) is 17.7. The molecule has 4 N–H and O–H groups in total. The molecule has 0 aliphatic heterocycles. The summed E-state index contributed by atoms with van der Waals surface area (Å²) in [5.74, 6) is 0.926. The smallest absolute Gasteiger partial charge is 0.248 e. The van der Waals surface area contributed by atoms with Crippen LogP contribution in [-0.2, 0) is 4.79 Å². The van der Waals surface area contributed by atoms with Crippen molar-refractivity contribution in [3.63, 3.8) is 0 Å². The highest BCUT2D eigenvalue weighted by molar-refractivity contribution is 5.96. The van der Waals surface area contributed by atoms with E-state index >= 15 is 0 Å². The predicted molar refractivity (Wildman–Crippen MR) is 106 cm³/mol. The van der Waals surface area contributed by atoms with Crippen LogP contribution in [0.5, 0.6) is 5.75 Å². The normalized spacial score (nSPS) is 11.6. The number of tetrazole rings is 1. The molecule has 9 heteroatoms. The maximum absolute atomic E-state index is 12.7. The number of anilines is 2. The molecule has 1 amide bonds. The predicted octanol–water partition coefficient (Wildman–Crippen LogP) is 1.83. The van der Waals surface area contributed by atoms with Crippen molar-refractivity contribution in [2.75, 3.05) is 23.8 Å². The molecule has 1 atom stereocenters. The monoisotopic (exact) mass is 381 g/mol. The Morgan fingerprint density at radius 1 is 1.18 bits per heavy atom. The highest BCUT2D eigenvalue weighted by atomic mass is 16.5. The van der Waals surface area contributed by atoms with Crippen LogP contribution in [0.3, 0.4) is 0 Å². The number of carbonyl (C=O) groups is 1. The Balaban J connectivity index is 1.66. The fraction of sp³-hybridized carbons (Fsp3) is 0.263. The minimum Gasteiger partial charge on any atom is -0.492 e. The summed E-state index contributed by atoms with van der Waals surface area (Å²) in [5.41, 5.74) is 6.90. The summed E-state index contributed by atoms with van der Waals surface area (Å²) in [6.45, 7) is 2.81. The molecule has 9 nitrogen and oxygen atoms in total. The van der Waals surface area contributed by atoms with Crippen molar-refractivity contribution in [2.45, 2.75) is 19.4 Å². The minimum absolute atomic E-state index is 0.180. The van der Waals surface area contributed by atoms with Gasteiger partial charge in [-0.15, -0.1) is 0 Å². The SMILES string of the molecule is CCC(Nc1nnnn1-c1ccccc1)C(=O)Nc1ccc(OCCN)cc1. The van der Waals surface area contributed by atoms with Gasteiger partial charge in [0.15, 0.2) is 0 Å². The number of benzene rings is 2. The molecular weight excluding hydrogens is 358 g/mol. The molecule has 3 aromatic rings. The standard InChI is InChI=1S/C19H23N7O2/c1-2-17(18(27)21-14-8-10-16(11-9-14)28-13-12-20)22-19-23-24-25-26(19)15-6-4-3-5-7-15/h3-11,17H,2,12-13,20H2,1H3,(H,21,27)(H,22,23,25). The van der Waals surface area contributed by atoms with Crippen LogP contribution in [0.4, 0.5) is 11.6 Å². The first kappa shape index (κ1) is 19.3. The van der Waals surface area contributed by atoms with Crippen LogP contribution in [-0.4, -0.2) is 45.3 Å². The van der Waals surface area contributed by atoms with Crippen molar-refractivity contribution < 1.29 is 9.53 Å². The average molecular weight is 381 g/mol. The zero-order valence-corrected chi connectivity index (χ0v) is 15.6. The van der Waals surface area contributed by atoms with Gasteiger partial charge in [-0.25, -0.2) is 0 Å². The second kappa shape index (κ2) is 9.47. The van der Waals surface area contributed by atoms with Gasteiger partial charge < -0.3 is 21.1 Å². The quantitative estimate of drug-likeness (QED) is 0.517. The van der Waals surface area contributed by atoms with E-state index in [0.717, 1.165) is 5.69 Å². The van der Waals surface area contributed by atoms with Gasteiger partial charge in [-0.1, -0.05) is 30.2 Å². The molecule has 28 heavy (non-hydrogen) atoms. The van der Waals surface area contributed by atoms with Crippen molar-refractivity contribution in [1.82, 2.24) is 20.2 Å². The first-order valence-corrected chi connectivity index (χ1v) is 9.05. The van der Waals surface area contributed by atoms with Gasteiger partial charge in [0.1, 0.15) is 18.4 Å². The summed E-state index contributed by atoms with van der Waals surface area (Å²) in [4.78, 5) is 12.7. The lowest BCUT2D eigenvalue weighted by molar-refractivity contribution is -0.117. The third-order valence-corrected chi connectivity index (χ3v) is 4.01. The third-order valence-electron chi connectivity index (χ3n) is 4.01. The Morgan fingerprint density at radius 3 is 2.61 bits per heavy atom. The number of hydrogen-bond acceptors (Lipinski definition) is 7. The molecule has 1 aromatic heterocycles. The second-order valence-corrected chi connectivity index (χ2v) is 6.01. The molecule has 0 saturated carbocycles. The Bertz CT molecular complexity index is 881. The summed E-state index contributed by atoms with van der Waals surface area (Å²) < 4.78 is 6.99. The number of ether oxygens (including phenoxy) is 1. The molecule has 0 fully saturated rings. The van der Waals surface area contributed by atoms with E-state index in [1.165, 1.54) is 0 Å². The maximum Gasteiger partial charge on any atom is 0.248 e. The van der Waals surface area contributed by atoms with Gasteiger partial charge in [0.05, 0.1) is 5.69 Å². The van der Waals surface area contributed by atoms with Crippen LogP contribution in [0, 0.1) is 0 Å². The number of amides is 1. The molecule has 146 valence electrons. The van der Waals surface area contributed by atoms with Gasteiger partial charge in [0, 0.05) is 12.2 Å². The van der Waals surface area contributed by atoms with Crippen molar-refractivity contribution in [1.29, 1.82) is 0 Å². The van der Waals surface area contributed by atoms with Crippen molar-refractivity contribution >= 4 is 17.5 Å². The van der Waals surface area contributed by atoms with E-state index in [-0.39, 0.29) is 5.91 Å². The van der Waals surface area contributed by atoms with Crippen LogP contribution in [0.25, 0.3) is 5.69 Å². The lowest BCUT2D eigenvalue weighted by Crippen LogP contribution is -2.35. The number of hydrogen-bond donors (Lipinski definition) is 3. The molecule has 3 rings (SSSR count). The van der Waals surface area contributed by atoms with Crippen molar-refractivity contribution in [3.8, 4) is 11.4 Å². The first-order chi connectivity index (χ1) is 13.7. The number of nitrogens with two attached hydrogens (primary N) is 1. The lowest BCUT2D eigenvalue weighted by atomic mass is 10.2. The van der Waals surface area contributed by atoms with Crippen LogP contribution < -0.4 is 21.1 Å². The van der Waals surface area contributed by atoms with Gasteiger partial charge in [-0.05, 0) is 53.2 Å². The number of nitrogens with one attached hydrogen (secondary N) is 2. The Labute approximate surface area is 162 Å². The zero-order chi connectivity index (χ0) is 19.8. The van der Waals surface area contributed by atoms with E-state index in [2.05, 4.69) is 26.2 Å². The van der Waals surface area contributed by atoms with Gasteiger partial charge in [0.25, 0.3) is 0 Å². The number of nitrogens with zero attached hydrogens (tertiary/aromatic N) is 4. The van der Waals surface area contributed by atoms with Gasteiger partial charge in [-0.3, -0.25) is 4.79 Å². The molecule has 2 aromatic carbocycles. The van der Waals surface area contributed by atoms with Gasteiger partial charge >= 0.3 is 0 Å². The molecule has 0 saturated heterocycles. The summed E-state index contributed by atoms with van der Waals surface area (Å²) in [7, 11) is 0. The molecule has 0 aliphatic rings. The number of rotatable bonds is 9. The van der Waals surface area contributed by atoms with Crippen LogP contribution in [0.2, 0.25) is 0 Å². The first-order valence-electron chi connectivity index (χ1n) is 9.05. The van der Waals surface area contributed by atoms with Crippen molar-refractivity contribution in [3.05, 3.63) is 54.6 Å².